The van der Waals surface area contributed by atoms with Gasteiger partial charge in [-0.2, -0.15) is 0 Å². The van der Waals surface area contributed by atoms with E-state index in [4.69, 9.17) is 10.5 Å². The monoisotopic (exact) mass is 337 g/mol. The minimum absolute atomic E-state index is 0.444. The minimum atomic E-state index is 0.444. The molecule has 0 bridgehead atoms. The summed E-state index contributed by atoms with van der Waals surface area (Å²) in [5.74, 6) is 1.84. The van der Waals surface area contributed by atoms with E-state index in [0.717, 1.165) is 38.2 Å². The Hall–Kier alpha value is -1.91. The number of benzene rings is 1. The maximum atomic E-state index is 5.74. The molecule has 1 aromatic carbocycles. The van der Waals surface area contributed by atoms with E-state index in [2.05, 4.69) is 41.5 Å². The molecule has 0 saturated carbocycles. The van der Waals surface area contributed by atoms with Crippen LogP contribution in [-0.4, -0.2) is 24.7 Å². The van der Waals surface area contributed by atoms with Crippen LogP contribution in [-0.2, 0) is 4.74 Å². The summed E-state index contributed by atoms with van der Waals surface area (Å²) in [6.07, 6.45) is 5.35. The minimum Gasteiger partial charge on any atom is -0.384 e. The van der Waals surface area contributed by atoms with Gasteiger partial charge in [0.15, 0.2) is 0 Å². The molecule has 2 aliphatic heterocycles. The van der Waals surface area contributed by atoms with Crippen molar-refractivity contribution in [1.29, 1.82) is 0 Å². The molecule has 2 atom stereocenters. The highest BCUT2D eigenvalue weighted by atomic mass is 16.5. The van der Waals surface area contributed by atoms with Crippen LogP contribution in [0.15, 0.2) is 36.5 Å². The van der Waals surface area contributed by atoms with Crippen molar-refractivity contribution < 1.29 is 4.74 Å². The Morgan fingerprint density at radius 1 is 1.04 bits per heavy atom. The quantitative estimate of drug-likeness (QED) is 0.892. The summed E-state index contributed by atoms with van der Waals surface area (Å²) in [6.45, 7) is 5.21. The van der Waals surface area contributed by atoms with E-state index in [-0.39, 0.29) is 0 Å². The third-order valence-electron chi connectivity index (χ3n) is 5.74. The van der Waals surface area contributed by atoms with Gasteiger partial charge in [0.2, 0.25) is 0 Å². The molecule has 2 fully saturated rings. The molecule has 0 spiro atoms. The molecule has 1 aromatic heterocycles. The van der Waals surface area contributed by atoms with Crippen molar-refractivity contribution in [3.05, 3.63) is 47.7 Å². The number of aromatic nitrogens is 1. The maximum Gasteiger partial charge on any atom is 0.123 e. The molecule has 4 heteroatoms. The summed E-state index contributed by atoms with van der Waals surface area (Å²) >= 11 is 0. The molecule has 2 aliphatic rings. The molecule has 25 heavy (non-hydrogen) atoms. The molecule has 0 aliphatic carbocycles. The molecule has 3 N–H and O–H groups in total. The zero-order valence-electron chi connectivity index (χ0n) is 14.9. The van der Waals surface area contributed by atoms with Crippen molar-refractivity contribution >= 4 is 5.82 Å². The summed E-state index contributed by atoms with van der Waals surface area (Å²) in [5, 5.41) is 3.72. The van der Waals surface area contributed by atoms with Gasteiger partial charge in [0.25, 0.3) is 0 Å². The van der Waals surface area contributed by atoms with Gasteiger partial charge in [-0.15, -0.1) is 0 Å². The van der Waals surface area contributed by atoms with E-state index in [1.54, 1.807) is 0 Å². The highest BCUT2D eigenvalue weighted by Gasteiger charge is 2.29. The zero-order chi connectivity index (χ0) is 17.2. The zero-order valence-corrected chi connectivity index (χ0v) is 14.9. The Kier molecular flexibility index (Phi) is 4.73. The number of nitrogen functional groups attached to an aromatic ring is 1. The van der Waals surface area contributed by atoms with Gasteiger partial charge in [-0.3, -0.25) is 0 Å². The van der Waals surface area contributed by atoms with E-state index < -0.39 is 0 Å². The number of hydrogen-bond donors (Lipinski definition) is 2. The van der Waals surface area contributed by atoms with Crippen molar-refractivity contribution in [3.63, 3.8) is 0 Å². The number of anilines is 1. The maximum absolute atomic E-state index is 5.74. The second-order valence-electron chi connectivity index (χ2n) is 7.40. The van der Waals surface area contributed by atoms with Crippen LogP contribution in [0, 0.1) is 5.92 Å². The Morgan fingerprint density at radius 3 is 2.52 bits per heavy atom. The first-order valence-electron chi connectivity index (χ1n) is 9.39. The third-order valence-corrected chi connectivity index (χ3v) is 5.74. The molecule has 132 valence electrons. The van der Waals surface area contributed by atoms with Crippen LogP contribution in [0.25, 0.3) is 11.1 Å². The van der Waals surface area contributed by atoms with Crippen LogP contribution in [0.5, 0.6) is 0 Å². The standard InChI is InChI=1S/C21H27N3O/c1-14-6-9-23-21(14)19-12-16(17-3-5-20(22)24-13-17)2-4-18(19)15-7-10-25-11-8-15/h2-5,12-15,21,23H,6-11H2,1H3,(H2,22,24). The summed E-state index contributed by atoms with van der Waals surface area (Å²) in [6, 6.07) is 11.3. The number of ether oxygens (including phenoxy) is 1. The van der Waals surface area contributed by atoms with Gasteiger partial charge >= 0.3 is 0 Å². The fraction of sp³-hybridized carbons (Fsp3) is 0.476. The van der Waals surface area contributed by atoms with E-state index in [0.29, 0.717) is 23.7 Å². The molecule has 0 amide bonds. The molecule has 2 unspecified atom stereocenters. The SMILES string of the molecule is CC1CCNC1c1cc(-c2ccc(N)nc2)ccc1C1CCOCC1. The highest BCUT2D eigenvalue weighted by molar-refractivity contribution is 5.65. The number of pyridine rings is 1. The fourth-order valence-corrected chi connectivity index (χ4v) is 4.23. The summed E-state index contributed by atoms with van der Waals surface area (Å²) < 4.78 is 5.58. The van der Waals surface area contributed by atoms with Gasteiger partial charge in [0.05, 0.1) is 0 Å². The van der Waals surface area contributed by atoms with Gasteiger partial charge in [-0.05, 0) is 72.5 Å². The van der Waals surface area contributed by atoms with Crippen LogP contribution >= 0.6 is 0 Å². The largest absolute Gasteiger partial charge is 0.384 e. The number of nitrogens with zero attached hydrogens (tertiary/aromatic N) is 1. The topological polar surface area (TPSA) is 60.2 Å². The van der Waals surface area contributed by atoms with E-state index >= 15 is 0 Å². The molecular formula is C21H27N3O. The molecular weight excluding hydrogens is 310 g/mol. The highest BCUT2D eigenvalue weighted by Crippen LogP contribution is 2.39. The summed E-state index contributed by atoms with van der Waals surface area (Å²) in [4.78, 5) is 4.26. The molecule has 4 rings (SSSR count). The first kappa shape index (κ1) is 16.6. The van der Waals surface area contributed by atoms with Crippen molar-refractivity contribution in [2.24, 2.45) is 5.92 Å². The molecule has 2 aromatic rings. The van der Waals surface area contributed by atoms with Crippen molar-refractivity contribution in [3.8, 4) is 11.1 Å². The Morgan fingerprint density at radius 2 is 1.84 bits per heavy atom. The fourth-order valence-electron chi connectivity index (χ4n) is 4.23. The first-order valence-corrected chi connectivity index (χ1v) is 9.39. The van der Waals surface area contributed by atoms with Gasteiger partial charge in [0, 0.05) is 31.0 Å². The summed E-state index contributed by atoms with van der Waals surface area (Å²) in [5.41, 5.74) is 11.1. The predicted octanol–water partition coefficient (Wildman–Crippen LogP) is 3.90. The van der Waals surface area contributed by atoms with Gasteiger partial charge in [0.1, 0.15) is 5.82 Å². The van der Waals surface area contributed by atoms with Crippen LogP contribution in [0.4, 0.5) is 5.82 Å². The van der Waals surface area contributed by atoms with Gasteiger partial charge in [-0.25, -0.2) is 4.98 Å². The average molecular weight is 337 g/mol. The molecule has 4 nitrogen and oxygen atoms in total. The van der Waals surface area contributed by atoms with Crippen molar-refractivity contribution in [2.45, 2.75) is 38.1 Å². The molecule has 3 heterocycles. The first-order chi connectivity index (χ1) is 12.2. The Balaban J connectivity index is 1.74. The molecule has 0 radical (unpaired) electrons. The van der Waals surface area contributed by atoms with Gasteiger partial charge < -0.3 is 15.8 Å². The number of hydrogen-bond acceptors (Lipinski definition) is 4. The number of rotatable bonds is 3. The smallest absolute Gasteiger partial charge is 0.123 e. The van der Waals surface area contributed by atoms with Crippen LogP contribution < -0.4 is 11.1 Å². The Bertz CT molecular complexity index is 722. The second kappa shape index (κ2) is 7.14. The lowest BCUT2D eigenvalue weighted by Crippen LogP contribution is -2.21. The predicted molar refractivity (Wildman–Crippen MR) is 101 cm³/mol. The normalized spacial score (nSPS) is 24.5. The lowest BCUT2D eigenvalue weighted by molar-refractivity contribution is 0.0850. The van der Waals surface area contributed by atoms with Gasteiger partial charge in [-0.1, -0.05) is 19.1 Å². The van der Waals surface area contributed by atoms with Crippen LogP contribution in [0.1, 0.15) is 49.3 Å². The lowest BCUT2D eigenvalue weighted by Gasteiger charge is -2.28. The second-order valence-corrected chi connectivity index (χ2v) is 7.40. The Labute approximate surface area is 149 Å². The van der Waals surface area contributed by atoms with E-state index in [1.165, 1.54) is 23.1 Å². The van der Waals surface area contributed by atoms with Crippen LogP contribution in [0.2, 0.25) is 0 Å². The van der Waals surface area contributed by atoms with E-state index in [9.17, 15) is 0 Å². The third kappa shape index (κ3) is 3.42. The average Bonchev–Trinajstić information content (AvgIpc) is 3.08. The van der Waals surface area contributed by atoms with Crippen molar-refractivity contribution in [1.82, 2.24) is 10.3 Å². The molecule has 2 saturated heterocycles. The van der Waals surface area contributed by atoms with Crippen LogP contribution in [0.3, 0.4) is 0 Å². The van der Waals surface area contributed by atoms with Crippen molar-refractivity contribution in [2.75, 3.05) is 25.5 Å². The number of nitrogens with one attached hydrogen (secondary N) is 1. The summed E-state index contributed by atoms with van der Waals surface area (Å²) in [7, 11) is 0. The number of nitrogens with two attached hydrogens (primary N) is 1. The van der Waals surface area contributed by atoms with E-state index in [1.807, 2.05) is 12.3 Å². The lowest BCUT2D eigenvalue weighted by atomic mass is 9.82.